The zero-order chi connectivity index (χ0) is 26.2. The molecule has 0 aliphatic rings. The van der Waals surface area contributed by atoms with Crippen LogP contribution in [0.1, 0.15) is 61.8 Å². The number of hydrogen-bond acceptors (Lipinski definition) is 6. The second-order valence-corrected chi connectivity index (χ2v) is 7.74. The van der Waals surface area contributed by atoms with Gasteiger partial charge in [-0.15, -0.1) is 0 Å². The highest BCUT2D eigenvalue weighted by molar-refractivity contribution is 5.83. The molecule has 32 heavy (non-hydrogen) atoms. The molecule has 3 amide bonds. The Hall–Kier alpha value is -3.18. The van der Waals surface area contributed by atoms with Crippen LogP contribution < -0.4 is 16.0 Å². The fourth-order valence-corrected chi connectivity index (χ4v) is 2.04. The Morgan fingerprint density at radius 1 is 0.625 bits per heavy atom. The van der Waals surface area contributed by atoms with Gasteiger partial charge in [-0.05, 0) is 25.2 Å². The molecular formula is C20H37N3O9. The minimum Gasteiger partial charge on any atom is -0.480 e. The smallest absolute Gasteiger partial charge is 0.326 e. The molecule has 0 spiro atoms. The summed E-state index contributed by atoms with van der Waals surface area (Å²) in [6.45, 7) is 12.6. The third-order valence-corrected chi connectivity index (χ3v) is 3.46. The van der Waals surface area contributed by atoms with Crippen molar-refractivity contribution in [1.82, 2.24) is 16.0 Å². The van der Waals surface area contributed by atoms with Gasteiger partial charge in [-0.3, -0.25) is 19.2 Å². The number of carbonyl (C=O) groups excluding carboxylic acids is 3. The van der Waals surface area contributed by atoms with E-state index >= 15 is 0 Å². The molecule has 0 fully saturated rings. The lowest BCUT2D eigenvalue weighted by Crippen LogP contribution is -2.43. The molecule has 0 heterocycles. The largest absolute Gasteiger partial charge is 0.480 e. The predicted octanol–water partition coefficient (Wildman–Crippen LogP) is 0.449. The van der Waals surface area contributed by atoms with Crippen LogP contribution in [0.5, 0.6) is 0 Å². The molecule has 12 nitrogen and oxygen atoms in total. The third-order valence-electron chi connectivity index (χ3n) is 3.46. The number of aliphatic carboxylic acids is 3. The van der Waals surface area contributed by atoms with Crippen molar-refractivity contribution in [2.45, 2.75) is 79.9 Å². The zero-order valence-corrected chi connectivity index (χ0v) is 19.9. The van der Waals surface area contributed by atoms with Crippen molar-refractivity contribution in [1.29, 1.82) is 0 Å². The molecule has 0 unspecified atom stereocenters. The third kappa shape index (κ3) is 21.5. The van der Waals surface area contributed by atoms with E-state index in [2.05, 4.69) is 16.0 Å². The fraction of sp³-hybridized carbons (Fsp3) is 0.700. The summed E-state index contributed by atoms with van der Waals surface area (Å²) in [4.78, 5) is 62.3. The summed E-state index contributed by atoms with van der Waals surface area (Å²) in [6.07, 6.45) is 0.467. The van der Waals surface area contributed by atoms with Crippen molar-refractivity contribution in [2.75, 3.05) is 0 Å². The number of amides is 3. The van der Waals surface area contributed by atoms with E-state index < -0.39 is 36.0 Å². The van der Waals surface area contributed by atoms with Gasteiger partial charge in [-0.25, -0.2) is 9.59 Å². The van der Waals surface area contributed by atoms with Gasteiger partial charge in [-0.2, -0.15) is 0 Å². The van der Waals surface area contributed by atoms with Crippen LogP contribution in [0.3, 0.4) is 0 Å². The highest BCUT2D eigenvalue weighted by Crippen LogP contribution is 2.04. The quantitative estimate of drug-likeness (QED) is 0.281. The number of carbonyl (C=O) groups is 6. The van der Waals surface area contributed by atoms with Gasteiger partial charge in [0.2, 0.25) is 17.7 Å². The van der Waals surface area contributed by atoms with Crippen LogP contribution in [-0.4, -0.2) is 69.1 Å². The van der Waals surface area contributed by atoms with E-state index in [1.807, 2.05) is 13.8 Å². The predicted molar refractivity (Wildman–Crippen MR) is 116 cm³/mol. The summed E-state index contributed by atoms with van der Waals surface area (Å²) in [6, 6.07) is -2.31. The van der Waals surface area contributed by atoms with E-state index in [0.717, 1.165) is 0 Å². The molecule has 0 rings (SSSR count). The van der Waals surface area contributed by atoms with E-state index in [9.17, 15) is 28.8 Å². The number of carboxylic acids is 3. The maximum atomic E-state index is 10.6. The van der Waals surface area contributed by atoms with Crippen LogP contribution in [-0.2, 0) is 28.8 Å². The molecule has 0 bridgehead atoms. The zero-order valence-electron chi connectivity index (χ0n) is 19.9. The van der Waals surface area contributed by atoms with Crippen LogP contribution in [0.2, 0.25) is 0 Å². The van der Waals surface area contributed by atoms with Gasteiger partial charge in [0.1, 0.15) is 18.1 Å². The molecule has 0 radical (unpaired) electrons. The van der Waals surface area contributed by atoms with E-state index in [4.69, 9.17) is 15.3 Å². The molecule has 0 aromatic heterocycles. The molecule has 3 atom stereocenters. The first-order valence-electron chi connectivity index (χ1n) is 9.91. The summed E-state index contributed by atoms with van der Waals surface area (Å²) in [5.41, 5.74) is 0. The summed E-state index contributed by atoms with van der Waals surface area (Å²) >= 11 is 0. The molecule has 6 N–H and O–H groups in total. The van der Waals surface area contributed by atoms with Crippen molar-refractivity contribution >= 4 is 35.6 Å². The monoisotopic (exact) mass is 463 g/mol. The normalized spacial score (nSPS) is 12.6. The van der Waals surface area contributed by atoms with Crippen LogP contribution in [0.25, 0.3) is 0 Å². The number of hydrogen-bond donors (Lipinski definition) is 6. The molecule has 0 aliphatic carbocycles. The Kier molecular flexibility index (Phi) is 18.3. The second-order valence-electron chi connectivity index (χ2n) is 7.74. The van der Waals surface area contributed by atoms with Gasteiger partial charge in [0.15, 0.2) is 0 Å². The van der Waals surface area contributed by atoms with E-state index in [1.54, 1.807) is 13.8 Å². The summed E-state index contributed by atoms with van der Waals surface area (Å²) in [5.74, 6) is -3.76. The number of rotatable bonds is 9. The highest BCUT2D eigenvalue weighted by atomic mass is 16.4. The molecule has 0 saturated heterocycles. The molecule has 186 valence electrons. The van der Waals surface area contributed by atoms with Crippen molar-refractivity contribution in [2.24, 2.45) is 11.8 Å². The van der Waals surface area contributed by atoms with Crippen molar-refractivity contribution in [3.05, 3.63) is 0 Å². The summed E-state index contributed by atoms with van der Waals surface area (Å²) < 4.78 is 0. The van der Waals surface area contributed by atoms with Crippen LogP contribution in [0.4, 0.5) is 0 Å². The minimum absolute atomic E-state index is 0.0867. The maximum Gasteiger partial charge on any atom is 0.326 e. The SMILES string of the molecule is CC(=O)N[C@@H](C(=O)O)C(C)C.CC(=O)N[C@H](C)C(=O)O.CC(=O)N[C@H](CC(C)C)C(=O)O. The van der Waals surface area contributed by atoms with Crippen LogP contribution in [0, 0.1) is 11.8 Å². The Bertz CT molecular complexity index is 648. The first kappa shape index (κ1) is 33.5. The lowest BCUT2D eigenvalue weighted by molar-refractivity contribution is -0.143. The second kappa shape index (κ2) is 17.5. The van der Waals surface area contributed by atoms with Gasteiger partial charge in [0.25, 0.3) is 0 Å². The van der Waals surface area contributed by atoms with Gasteiger partial charge < -0.3 is 31.3 Å². The Balaban J connectivity index is -0.000000398. The molecule has 0 aromatic rings. The maximum absolute atomic E-state index is 10.6. The van der Waals surface area contributed by atoms with Crippen molar-refractivity contribution < 1.29 is 44.1 Å². The minimum atomic E-state index is -1.02. The number of carboxylic acid groups (broad SMARTS) is 3. The van der Waals surface area contributed by atoms with E-state index in [0.29, 0.717) is 6.42 Å². The summed E-state index contributed by atoms with van der Waals surface area (Å²) in [7, 11) is 0. The average Bonchev–Trinajstić information content (AvgIpc) is 2.58. The molecule has 0 aromatic carbocycles. The van der Waals surface area contributed by atoms with Crippen LogP contribution >= 0.6 is 0 Å². The Labute approximate surface area is 188 Å². The highest BCUT2D eigenvalue weighted by Gasteiger charge is 2.21. The van der Waals surface area contributed by atoms with Crippen molar-refractivity contribution in [3.63, 3.8) is 0 Å². The Morgan fingerprint density at radius 3 is 1.19 bits per heavy atom. The van der Waals surface area contributed by atoms with Gasteiger partial charge in [0, 0.05) is 20.8 Å². The van der Waals surface area contributed by atoms with Crippen LogP contribution in [0.15, 0.2) is 0 Å². The molecule has 0 saturated carbocycles. The Morgan fingerprint density at radius 2 is 1.03 bits per heavy atom. The number of nitrogens with one attached hydrogen (secondary N) is 3. The van der Waals surface area contributed by atoms with Gasteiger partial charge in [-0.1, -0.05) is 27.7 Å². The van der Waals surface area contributed by atoms with E-state index in [1.165, 1.54) is 27.7 Å². The molecular weight excluding hydrogens is 426 g/mol. The standard InChI is InChI=1S/C8H15NO3.C7H13NO3.C5H9NO3/c1-5(2)4-7(8(11)12)9-6(3)10;1-4(2)6(7(10)11)8-5(3)9;1-3(5(8)9)6-4(2)7/h5,7H,4H2,1-3H3,(H,9,10)(H,11,12);4,6H,1-3H3,(H,8,9)(H,10,11);3H,1-2H3,(H,6,7)(H,8,9)/t7-;6-;3-/m111/s1. The van der Waals surface area contributed by atoms with Gasteiger partial charge in [0.05, 0.1) is 0 Å². The first-order chi connectivity index (χ1) is 14.4. The van der Waals surface area contributed by atoms with Gasteiger partial charge >= 0.3 is 17.9 Å². The lowest BCUT2D eigenvalue weighted by atomic mass is 10.0. The molecule has 0 aliphatic heterocycles. The topological polar surface area (TPSA) is 199 Å². The fourth-order valence-electron chi connectivity index (χ4n) is 2.04. The average molecular weight is 464 g/mol. The lowest BCUT2D eigenvalue weighted by Gasteiger charge is -2.16. The molecule has 12 heteroatoms. The summed E-state index contributed by atoms with van der Waals surface area (Å²) in [5, 5.41) is 32.4. The van der Waals surface area contributed by atoms with E-state index in [-0.39, 0.29) is 29.6 Å². The van der Waals surface area contributed by atoms with Crippen molar-refractivity contribution in [3.8, 4) is 0 Å². The first-order valence-corrected chi connectivity index (χ1v) is 9.91.